The van der Waals surface area contributed by atoms with E-state index < -0.39 is 6.09 Å². The smallest absolute Gasteiger partial charge is 0.411 e. The standard InChI is InChI=1S/C13H13N3O2/c1-18-13(17)16-10-6-4-9(5-7-10)11-3-2-8-15-12(11)14/h2-8H,1H3,(H2,14,15)(H,16,17). The van der Waals surface area contributed by atoms with Crippen LogP contribution in [0.25, 0.3) is 11.1 Å². The minimum absolute atomic E-state index is 0.478. The number of nitrogens with zero attached hydrogens (tertiary/aromatic N) is 1. The van der Waals surface area contributed by atoms with E-state index in [-0.39, 0.29) is 0 Å². The van der Waals surface area contributed by atoms with Gasteiger partial charge in [0.2, 0.25) is 0 Å². The molecule has 0 unspecified atom stereocenters. The predicted molar refractivity (Wildman–Crippen MR) is 70.1 cm³/mol. The Morgan fingerprint density at radius 1 is 1.28 bits per heavy atom. The number of hydrogen-bond donors (Lipinski definition) is 2. The number of nitrogens with two attached hydrogens (primary N) is 1. The van der Waals surface area contributed by atoms with E-state index in [4.69, 9.17) is 5.73 Å². The molecule has 92 valence electrons. The lowest BCUT2D eigenvalue weighted by atomic mass is 10.1. The zero-order valence-corrected chi connectivity index (χ0v) is 9.88. The van der Waals surface area contributed by atoms with Crippen LogP contribution in [0.15, 0.2) is 42.6 Å². The maximum atomic E-state index is 11.0. The summed E-state index contributed by atoms with van der Waals surface area (Å²) in [5, 5.41) is 2.58. The number of carbonyl (C=O) groups excluding carboxylic acids is 1. The van der Waals surface area contributed by atoms with Crippen molar-refractivity contribution < 1.29 is 9.53 Å². The third kappa shape index (κ3) is 2.57. The Morgan fingerprint density at radius 3 is 2.61 bits per heavy atom. The van der Waals surface area contributed by atoms with Crippen molar-refractivity contribution in [3.8, 4) is 11.1 Å². The molecule has 0 aliphatic rings. The van der Waals surface area contributed by atoms with Gasteiger partial charge in [-0.15, -0.1) is 0 Å². The Balaban J connectivity index is 2.23. The van der Waals surface area contributed by atoms with E-state index in [1.807, 2.05) is 24.3 Å². The first kappa shape index (κ1) is 11.9. The molecule has 5 heteroatoms. The predicted octanol–water partition coefficient (Wildman–Crippen LogP) is 2.51. The van der Waals surface area contributed by atoms with E-state index in [0.717, 1.165) is 11.1 Å². The van der Waals surface area contributed by atoms with Crippen LogP contribution in [0.3, 0.4) is 0 Å². The molecular formula is C13H13N3O2. The highest BCUT2D eigenvalue weighted by Gasteiger charge is 2.04. The normalized spacial score (nSPS) is 9.83. The molecule has 2 rings (SSSR count). The highest BCUT2D eigenvalue weighted by Crippen LogP contribution is 2.25. The zero-order chi connectivity index (χ0) is 13.0. The third-order valence-electron chi connectivity index (χ3n) is 2.47. The zero-order valence-electron chi connectivity index (χ0n) is 9.88. The molecular weight excluding hydrogens is 230 g/mol. The van der Waals surface area contributed by atoms with Crippen molar-refractivity contribution in [3.05, 3.63) is 42.6 Å². The monoisotopic (exact) mass is 243 g/mol. The summed E-state index contributed by atoms with van der Waals surface area (Å²) in [5.41, 5.74) is 8.26. The summed E-state index contributed by atoms with van der Waals surface area (Å²) in [6.07, 6.45) is 1.15. The first-order valence-electron chi connectivity index (χ1n) is 5.36. The van der Waals surface area contributed by atoms with E-state index in [9.17, 15) is 4.79 Å². The number of rotatable bonds is 2. The van der Waals surface area contributed by atoms with Crippen LogP contribution in [-0.2, 0) is 4.74 Å². The number of benzene rings is 1. The van der Waals surface area contributed by atoms with Crippen molar-refractivity contribution >= 4 is 17.6 Å². The van der Waals surface area contributed by atoms with Crippen molar-refractivity contribution in [3.63, 3.8) is 0 Å². The second-order valence-corrected chi connectivity index (χ2v) is 3.63. The van der Waals surface area contributed by atoms with Gasteiger partial charge in [0.05, 0.1) is 7.11 Å². The highest BCUT2D eigenvalue weighted by atomic mass is 16.5. The lowest BCUT2D eigenvalue weighted by molar-refractivity contribution is 0.187. The van der Waals surface area contributed by atoms with Crippen molar-refractivity contribution in [1.29, 1.82) is 0 Å². The summed E-state index contributed by atoms with van der Waals surface area (Å²) in [4.78, 5) is 15.1. The van der Waals surface area contributed by atoms with E-state index >= 15 is 0 Å². The van der Waals surface area contributed by atoms with Gasteiger partial charge in [0, 0.05) is 17.4 Å². The molecule has 1 amide bonds. The summed E-state index contributed by atoms with van der Waals surface area (Å²) in [6.45, 7) is 0. The molecule has 5 nitrogen and oxygen atoms in total. The quantitative estimate of drug-likeness (QED) is 0.849. The topological polar surface area (TPSA) is 77.2 Å². The minimum Gasteiger partial charge on any atom is -0.453 e. The van der Waals surface area contributed by atoms with E-state index in [2.05, 4.69) is 15.0 Å². The number of hydrogen-bond acceptors (Lipinski definition) is 4. The Labute approximate surface area is 105 Å². The van der Waals surface area contributed by atoms with Crippen LogP contribution in [0.1, 0.15) is 0 Å². The molecule has 0 atom stereocenters. The van der Waals surface area contributed by atoms with Crippen LogP contribution in [-0.4, -0.2) is 18.2 Å². The molecule has 18 heavy (non-hydrogen) atoms. The van der Waals surface area contributed by atoms with Crippen molar-refractivity contribution in [1.82, 2.24) is 4.98 Å². The number of aromatic nitrogens is 1. The molecule has 0 saturated carbocycles. The number of pyridine rings is 1. The molecule has 0 radical (unpaired) electrons. The maximum Gasteiger partial charge on any atom is 0.411 e. The molecule has 0 bridgehead atoms. The Bertz CT molecular complexity index is 552. The summed E-state index contributed by atoms with van der Waals surface area (Å²) < 4.78 is 4.51. The summed E-state index contributed by atoms with van der Waals surface area (Å²) in [7, 11) is 1.32. The number of carbonyl (C=O) groups is 1. The van der Waals surface area contributed by atoms with Gasteiger partial charge in [-0.25, -0.2) is 9.78 Å². The fraction of sp³-hybridized carbons (Fsp3) is 0.0769. The van der Waals surface area contributed by atoms with Crippen LogP contribution >= 0.6 is 0 Å². The van der Waals surface area contributed by atoms with Crippen LogP contribution in [0.5, 0.6) is 0 Å². The lowest BCUT2D eigenvalue weighted by Gasteiger charge is -2.07. The van der Waals surface area contributed by atoms with Crippen LogP contribution in [0.2, 0.25) is 0 Å². The number of anilines is 2. The Morgan fingerprint density at radius 2 is 2.00 bits per heavy atom. The largest absolute Gasteiger partial charge is 0.453 e. The van der Waals surface area contributed by atoms with E-state index in [0.29, 0.717) is 11.5 Å². The van der Waals surface area contributed by atoms with Crippen LogP contribution in [0, 0.1) is 0 Å². The van der Waals surface area contributed by atoms with Gasteiger partial charge in [-0.3, -0.25) is 5.32 Å². The number of methoxy groups -OCH3 is 1. The van der Waals surface area contributed by atoms with Gasteiger partial charge in [-0.1, -0.05) is 12.1 Å². The minimum atomic E-state index is -0.497. The maximum absolute atomic E-state index is 11.0. The average Bonchev–Trinajstić information content (AvgIpc) is 2.40. The molecule has 1 heterocycles. The molecule has 1 aromatic carbocycles. The van der Waals surface area contributed by atoms with Crippen molar-refractivity contribution in [2.75, 3.05) is 18.2 Å². The summed E-state index contributed by atoms with van der Waals surface area (Å²) in [5.74, 6) is 0.478. The molecule has 0 spiro atoms. The summed E-state index contributed by atoms with van der Waals surface area (Å²) in [6, 6.07) is 11.0. The molecule has 0 aliphatic carbocycles. The molecule has 3 N–H and O–H groups in total. The fourth-order valence-corrected chi connectivity index (χ4v) is 1.56. The van der Waals surface area contributed by atoms with Gasteiger partial charge < -0.3 is 10.5 Å². The second kappa shape index (κ2) is 5.18. The van der Waals surface area contributed by atoms with Gasteiger partial charge in [0.1, 0.15) is 5.82 Å². The first-order chi connectivity index (χ1) is 8.70. The molecule has 0 aliphatic heterocycles. The number of nitrogen functional groups attached to an aromatic ring is 1. The van der Waals surface area contributed by atoms with Crippen molar-refractivity contribution in [2.45, 2.75) is 0 Å². The van der Waals surface area contributed by atoms with Crippen molar-refractivity contribution in [2.24, 2.45) is 0 Å². The van der Waals surface area contributed by atoms with Gasteiger partial charge in [-0.2, -0.15) is 0 Å². The van der Waals surface area contributed by atoms with Gasteiger partial charge in [0.15, 0.2) is 0 Å². The Hall–Kier alpha value is -2.56. The molecule has 2 aromatic rings. The van der Waals surface area contributed by atoms with E-state index in [1.54, 1.807) is 18.3 Å². The number of ether oxygens (including phenoxy) is 1. The number of amides is 1. The highest BCUT2D eigenvalue weighted by molar-refractivity contribution is 5.85. The SMILES string of the molecule is COC(=O)Nc1ccc(-c2cccnc2N)cc1. The Kier molecular flexibility index (Phi) is 3.43. The van der Waals surface area contributed by atoms with E-state index in [1.165, 1.54) is 7.11 Å². The van der Waals surface area contributed by atoms with Gasteiger partial charge in [0.25, 0.3) is 0 Å². The average molecular weight is 243 g/mol. The molecule has 0 fully saturated rings. The number of nitrogens with one attached hydrogen (secondary N) is 1. The molecule has 1 aromatic heterocycles. The summed E-state index contributed by atoms with van der Waals surface area (Å²) >= 11 is 0. The lowest BCUT2D eigenvalue weighted by Crippen LogP contribution is -2.10. The second-order valence-electron chi connectivity index (χ2n) is 3.63. The van der Waals surface area contributed by atoms with Gasteiger partial charge >= 0.3 is 6.09 Å². The van der Waals surface area contributed by atoms with Gasteiger partial charge in [-0.05, 0) is 29.8 Å². The fourth-order valence-electron chi connectivity index (χ4n) is 1.56. The third-order valence-corrected chi connectivity index (χ3v) is 2.47. The molecule has 0 saturated heterocycles. The van der Waals surface area contributed by atoms with Crippen LogP contribution < -0.4 is 11.1 Å². The van der Waals surface area contributed by atoms with Crippen LogP contribution in [0.4, 0.5) is 16.3 Å². The first-order valence-corrected chi connectivity index (χ1v) is 5.36.